The van der Waals surface area contributed by atoms with Crippen molar-refractivity contribution >= 4 is 24.0 Å². The van der Waals surface area contributed by atoms with Gasteiger partial charge >= 0.3 is 0 Å². The zero-order valence-electron chi connectivity index (χ0n) is 7.21. The molecule has 12 heavy (non-hydrogen) atoms. The molecule has 1 saturated carbocycles. The lowest BCUT2D eigenvalue weighted by molar-refractivity contribution is 0.985. The summed E-state index contributed by atoms with van der Waals surface area (Å²) in [5.41, 5.74) is 1.27. The molecule has 0 spiro atoms. The summed E-state index contributed by atoms with van der Waals surface area (Å²) in [5.74, 6) is 1.65. The molecule has 1 aliphatic rings. The summed E-state index contributed by atoms with van der Waals surface area (Å²) >= 11 is 6.17. The first-order valence-corrected chi connectivity index (χ1v) is 5.89. The number of aryl methyl sites for hydroxylation is 1. The number of hydrogen-bond donors (Lipinski definition) is 1. The van der Waals surface area contributed by atoms with Gasteiger partial charge in [0.05, 0.1) is 10.7 Å². The first-order valence-electron chi connectivity index (χ1n) is 4.44. The summed E-state index contributed by atoms with van der Waals surface area (Å²) < 4.78 is 0. The fourth-order valence-electron chi connectivity index (χ4n) is 1.31. The minimum Gasteiger partial charge on any atom is -0.246 e. The Morgan fingerprint density at radius 3 is 2.75 bits per heavy atom. The van der Waals surface area contributed by atoms with Crippen LogP contribution in [0.2, 0.25) is 0 Å². The molecule has 0 amide bonds. The Labute approximate surface area is 82.6 Å². The topological polar surface area (TPSA) is 12.9 Å². The molecular formula is C9H13NS2. The summed E-state index contributed by atoms with van der Waals surface area (Å²) in [5, 5.41) is 1.36. The standard InChI is InChI=1S/C9H13NS2/c1-2-7-8(5-11)12-9(10-7)6-3-4-6/h6,11H,2-5H2,1H3. The molecule has 1 aromatic heterocycles. The van der Waals surface area contributed by atoms with E-state index in [0.29, 0.717) is 0 Å². The summed E-state index contributed by atoms with van der Waals surface area (Å²) in [7, 11) is 0. The van der Waals surface area contributed by atoms with Gasteiger partial charge in [-0.05, 0) is 19.3 Å². The fraction of sp³-hybridized carbons (Fsp3) is 0.667. The molecule has 0 aliphatic heterocycles. The molecule has 0 aromatic carbocycles. The van der Waals surface area contributed by atoms with E-state index in [1.807, 2.05) is 11.3 Å². The molecule has 1 fully saturated rings. The highest BCUT2D eigenvalue weighted by atomic mass is 32.1. The van der Waals surface area contributed by atoms with Crippen LogP contribution in [0.1, 0.15) is 41.3 Å². The quantitative estimate of drug-likeness (QED) is 0.738. The first-order chi connectivity index (χ1) is 5.85. The van der Waals surface area contributed by atoms with E-state index < -0.39 is 0 Å². The van der Waals surface area contributed by atoms with Gasteiger partial charge in [0.25, 0.3) is 0 Å². The van der Waals surface area contributed by atoms with Crippen LogP contribution in [0.5, 0.6) is 0 Å². The number of aromatic nitrogens is 1. The zero-order chi connectivity index (χ0) is 8.55. The van der Waals surface area contributed by atoms with E-state index in [0.717, 1.165) is 18.1 Å². The minimum absolute atomic E-state index is 0.800. The Bertz CT molecular complexity index is 255. The van der Waals surface area contributed by atoms with Crippen LogP contribution in [-0.4, -0.2) is 4.98 Å². The Hall–Kier alpha value is -0.0200. The van der Waals surface area contributed by atoms with Crippen LogP contribution in [-0.2, 0) is 12.2 Å². The number of thiazole rings is 1. The van der Waals surface area contributed by atoms with Crippen LogP contribution in [0.4, 0.5) is 0 Å². The number of nitrogens with zero attached hydrogens (tertiary/aromatic N) is 1. The predicted octanol–water partition coefficient (Wildman–Crippen LogP) is 3.01. The molecule has 1 heterocycles. The third kappa shape index (κ3) is 1.52. The first kappa shape index (κ1) is 8.57. The normalized spacial score (nSPS) is 16.8. The molecule has 1 aromatic rings. The van der Waals surface area contributed by atoms with Gasteiger partial charge in [0.15, 0.2) is 0 Å². The molecule has 1 nitrogen and oxygen atoms in total. The second-order valence-corrected chi connectivity index (χ2v) is 4.64. The molecule has 0 N–H and O–H groups in total. The predicted molar refractivity (Wildman–Crippen MR) is 56.2 cm³/mol. The van der Waals surface area contributed by atoms with Crippen molar-refractivity contribution in [3.8, 4) is 0 Å². The van der Waals surface area contributed by atoms with Crippen molar-refractivity contribution in [3.05, 3.63) is 15.6 Å². The Morgan fingerprint density at radius 1 is 1.58 bits per heavy atom. The Morgan fingerprint density at radius 2 is 2.33 bits per heavy atom. The smallest absolute Gasteiger partial charge is 0.0962 e. The van der Waals surface area contributed by atoms with E-state index in [-0.39, 0.29) is 0 Å². The van der Waals surface area contributed by atoms with Crippen molar-refractivity contribution in [2.75, 3.05) is 0 Å². The van der Waals surface area contributed by atoms with Crippen LogP contribution in [0.25, 0.3) is 0 Å². The van der Waals surface area contributed by atoms with Crippen LogP contribution >= 0.6 is 24.0 Å². The average Bonchev–Trinajstić information content (AvgIpc) is 2.85. The fourth-order valence-corrected chi connectivity index (χ4v) is 2.87. The van der Waals surface area contributed by atoms with Crippen LogP contribution in [0.3, 0.4) is 0 Å². The Balaban J connectivity index is 2.27. The van der Waals surface area contributed by atoms with Gasteiger partial charge in [-0.2, -0.15) is 12.6 Å². The summed E-state index contributed by atoms with van der Waals surface area (Å²) in [6.45, 7) is 2.17. The van der Waals surface area contributed by atoms with Gasteiger partial charge in [0.1, 0.15) is 0 Å². The number of hydrogen-bond acceptors (Lipinski definition) is 3. The summed E-state index contributed by atoms with van der Waals surface area (Å²) in [4.78, 5) is 6.01. The molecule has 0 bridgehead atoms. The lowest BCUT2D eigenvalue weighted by atomic mass is 10.3. The van der Waals surface area contributed by atoms with E-state index >= 15 is 0 Å². The summed E-state index contributed by atoms with van der Waals surface area (Å²) in [6.07, 6.45) is 3.75. The van der Waals surface area contributed by atoms with Crippen molar-refractivity contribution in [2.45, 2.75) is 37.9 Å². The number of thiol groups is 1. The summed E-state index contributed by atoms with van der Waals surface area (Å²) in [6, 6.07) is 0. The van der Waals surface area contributed by atoms with Gasteiger partial charge in [-0.3, -0.25) is 0 Å². The largest absolute Gasteiger partial charge is 0.246 e. The molecule has 0 radical (unpaired) electrons. The SMILES string of the molecule is CCc1nc(C2CC2)sc1CS. The highest BCUT2D eigenvalue weighted by molar-refractivity contribution is 7.79. The van der Waals surface area contributed by atoms with E-state index in [2.05, 4.69) is 24.5 Å². The maximum Gasteiger partial charge on any atom is 0.0962 e. The van der Waals surface area contributed by atoms with Gasteiger partial charge in [0, 0.05) is 16.5 Å². The molecule has 1 aliphatic carbocycles. The molecule has 66 valence electrons. The van der Waals surface area contributed by atoms with E-state index in [1.54, 1.807) is 0 Å². The van der Waals surface area contributed by atoms with E-state index in [9.17, 15) is 0 Å². The van der Waals surface area contributed by atoms with Crippen LogP contribution in [0.15, 0.2) is 0 Å². The molecular weight excluding hydrogens is 186 g/mol. The molecule has 0 saturated heterocycles. The zero-order valence-corrected chi connectivity index (χ0v) is 8.92. The molecule has 3 heteroatoms. The van der Waals surface area contributed by atoms with Gasteiger partial charge in [-0.1, -0.05) is 6.92 Å². The third-order valence-electron chi connectivity index (χ3n) is 2.20. The molecule has 2 rings (SSSR count). The van der Waals surface area contributed by atoms with Gasteiger partial charge in [0.2, 0.25) is 0 Å². The van der Waals surface area contributed by atoms with E-state index in [4.69, 9.17) is 0 Å². The average molecular weight is 199 g/mol. The highest BCUT2D eigenvalue weighted by Crippen LogP contribution is 2.42. The highest BCUT2D eigenvalue weighted by Gasteiger charge is 2.27. The van der Waals surface area contributed by atoms with Crippen LogP contribution < -0.4 is 0 Å². The van der Waals surface area contributed by atoms with Gasteiger partial charge in [-0.25, -0.2) is 4.98 Å². The maximum atomic E-state index is 4.63. The van der Waals surface area contributed by atoms with E-state index in [1.165, 1.54) is 28.4 Å². The van der Waals surface area contributed by atoms with Crippen LogP contribution in [0, 0.1) is 0 Å². The number of rotatable bonds is 3. The van der Waals surface area contributed by atoms with Crippen molar-refractivity contribution in [1.29, 1.82) is 0 Å². The monoisotopic (exact) mass is 199 g/mol. The maximum absolute atomic E-state index is 4.63. The second-order valence-electron chi connectivity index (χ2n) is 3.21. The lowest BCUT2D eigenvalue weighted by Crippen LogP contribution is -1.85. The van der Waals surface area contributed by atoms with Crippen molar-refractivity contribution in [1.82, 2.24) is 4.98 Å². The van der Waals surface area contributed by atoms with Crippen molar-refractivity contribution < 1.29 is 0 Å². The minimum atomic E-state index is 0.800. The molecule has 0 unspecified atom stereocenters. The second kappa shape index (κ2) is 3.38. The third-order valence-corrected chi connectivity index (χ3v) is 3.99. The Kier molecular flexibility index (Phi) is 2.42. The lowest BCUT2D eigenvalue weighted by Gasteiger charge is -1.90. The van der Waals surface area contributed by atoms with Gasteiger partial charge < -0.3 is 0 Å². The van der Waals surface area contributed by atoms with Gasteiger partial charge in [-0.15, -0.1) is 11.3 Å². The van der Waals surface area contributed by atoms with Crippen molar-refractivity contribution in [2.24, 2.45) is 0 Å². The molecule has 0 atom stereocenters. The van der Waals surface area contributed by atoms with Crippen molar-refractivity contribution in [3.63, 3.8) is 0 Å².